The van der Waals surface area contributed by atoms with Gasteiger partial charge >= 0.3 is 0 Å². The lowest BCUT2D eigenvalue weighted by molar-refractivity contribution is 0.205. The third kappa shape index (κ3) is 2.62. The van der Waals surface area contributed by atoms with E-state index < -0.39 is 0 Å². The van der Waals surface area contributed by atoms with Gasteiger partial charge in [-0.1, -0.05) is 25.1 Å². The fraction of sp³-hybridized carbons (Fsp3) is 0.500. The van der Waals surface area contributed by atoms with E-state index in [1.807, 2.05) is 11.3 Å². The molecule has 2 N–H and O–H groups in total. The molecule has 0 bridgehead atoms. The lowest BCUT2D eigenvalue weighted by atomic mass is 10.1. The van der Waals surface area contributed by atoms with E-state index in [4.69, 9.17) is 5.73 Å². The molecule has 1 aliphatic rings. The average molecular weight is 307 g/mol. The number of nitrogens with zero attached hydrogens (tertiary/aromatic N) is 1. The van der Waals surface area contributed by atoms with Crippen LogP contribution in [0.5, 0.6) is 0 Å². The zero-order valence-electron chi connectivity index (χ0n) is 12.1. The van der Waals surface area contributed by atoms with Crippen LogP contribution < -0.4 is 5.73 Å². The third-order valence-corrected chi connectivity index (χ3v) is 6.92. The Kier molecular flexibility index (Phi) is 4.36. The van der Waals surface area contributed by atoms with Crippen LogP contribution in [-0.4, -0.2) is 28.5 Å². The van der Waals surface area contributed by atoms with Crippen LogP contribution in [0.15, 0.2) is 24.3 Å². The summed E-state index contributed by atoms with van der Waals surface area (Å²) in [4.78, 5) is 3.97. The van der Waals surface area contributed by atoms with Gasteiger partial charge in [-0.3, -0.25) is 4.90 Å². The zero-order valence-corrected chi connectivity index (χ0v) is 13.8. The first-order valence-electron chi connectivity index (χ1n) is 7.25. The molecule has 2 heterocycles. The van der Waals surface area contributed by atoms with Crippen LogP contribution in [0.1, 0.15) is 24.3 Å². The van der Waals surface area contributed by atoms with Gasteiger partial charge in [-0.25, -0.2) is 0 Å². The summed E-state index contributed by atoms with van der Waals surface area (Å²) in [6.07, 6.45) is 0. The van der Waals surface area contributed by atoms with Crippen molar-refractivity contribution in [3.63, 3.8) is 0 Å². The van der Waals surface area contributed by atoms with Crippen molar-refractivity contribution in [1.29, 1.82) is 0 Å². The Labute approximate surface area is 129 Å². The second kappa shape index (κ2) is 6.06. The quantitative estimate of drug-likeness (QED) is 0.938. The van der Waals surface area contributed by atoms with E-state index in [2.05, 4.69) is 54.8 Å². The van der Waals surface area contributed by atoms with Gasteiger partial charge in [-0.15, -0.1) is 11.3 Å². The van der Waals surface area contributed by atoms with Crippen LogP contribution in [0, 0.1) is 0 Å². The van der Waals surface area contributed by atoms with Crippen LogP contribution in [0.2, 0.25) is 0 Å². The van der Waals surface area contributed by atoms with Gasteiger partial charge < -0.3 is 5.73 Å². The lowest BCUT2D eigenvalue weighted by Crippen LogP contribution is -2.44. The molecule has 2 atom stereocenters. The van der Waals surface area contributed by atoms with Crippen LogP contribution in [0.4, 0.5) is 0 Å². The van der Waals surface area contributed by atoms with Gasteiger partial charge in [0.1, 0.15) is 0 Å². The number of thiophene rings is 1. The summed E-state index contributed by atoms with van der Waals surface area (Å²) < 4.78 is 1.37. The molecule has 1 saturated heterocycles. The first-order valence-corrected chi connectivity index (χ1v) is 9.12. The van der Waals surface area contributed by atoms with Crippen molar-refractivity contribution in [3.05, 3.63) is 34.7 Å². The van der Waals surface area contributed by atoms with Crippen LogP contribution in [-0.2, 0) is 13.1 Å². The van der Waals surface area contributed by atoms with E-state index in [0.29, 0.717) is 12.6 Å². The van der Waals surface area contributed by atoms with Crippen LogP contribution in [0.3, 0.4) is 0 Å². The molecule has 3 rings (SSSR count). The van der Waals surface area contributed by atoms with Crippen molar-refractivity contribution in [2.45, 2.75) is 38.2 Å². The SMILES string of the molecule is CC1SCCN(Cc2c(CN)sc3ccccc23)C1C. The predicted molar refractivity (Wildman–Crippen MR) is 91.5 cm³/mol. The Bertz CT molecular complexity index is 593. The van der Waals surface area contributed by atoms with Crippen LogP contribution in [0.25, 0.3) is 10.1 Å². The summed E-state index contributed by atoms with van der Waals surface area (Å²) >= 11 is 3.95. The fourth-order valence-corrected chi connectivity index (χ4v) is 5.17. The molecular formula is C16H22N2S2. The molecule has 2 unspecified atom stereocenters. The second-order valence-electron chi connectivity index (χ2n) is 5.49. The number of hydrogen-bond donors (Lipinski definition) is 1. The molecule has 2 aromatic rings. The molecule has 108 valence electrons. The van der Waals surface area contributed by atoms with Gasteiger partial charge in [0.2, 0.25) is 0 Å². The molecule has 1 aromatic heterocycles. The number of rotatable bonds is 3. The highest BCUT2D eigenvalue weighted by molar-refractivity contribution is 8.00. The van der Waals surface area contributed by atoms with E-state index in [-0.39, 0.29) is 0 Å². The van der Waals surface area contributed by atoms with Crippen molar-refractivity contribution in [2.75, 3.05) is 12.3 Å². The van der Waals surface area contributed by atoms with Gasteiger partial charge in [0, 0.05) is 46.3 Å². The molecule has 0 radical (unpaired) electrons. The number of thioether (sulfide) groups is 1. The number of fused-ring (bicyclic) bond motifs is 1. The summed E-state index contributed by atoms with van der Waals surface area (Å²) in [6, 6.07) is 9.34. The average Bonchev–Trinajstić information content (AvgIpc) is 2.82. The smallest absolute Gasteiger partial charge is 0.0349 e. The minimum absolute atomic E-state index is 0.637. The summed E-state index contributed by atoms with van der Waals surface area (Å²) in [5.41, 5.74) is 7.43. The monoisotopic (exact) mass is 306 g/mol. The molecule has 2 nitrogen and oxygen atoms in total. The van der Waals surface area contributed by atoms with Crippen molar-refractivity contribution < 1.29 is 0 Å². The molecule has 0 aliphatic carbocycles. The fourth-order valence-electron chi connectivity index (χ4n) is 2.91. The number of nitrogens with two attached hydrogens (primary N) is 1. The van der Waals surface area contributed by atoms with E-state index in [9.17, 15) is 0 Å². The third-order valence-electron chi connectivity index (χ3n) is 4.34. The molecule has 0 saturated carbocycles. The van der Waals surface area contributed by atoms with E-state index in [1.165, 1.54) is 32.8 Å². The highest BCUT2D eigenvalue weighted by atomic mass is 32.2. The first-order chi connectivity index (χ1) is 9.70. The standard InChI is InChI=1S/C16H22N2S2/c1-11-12(2)19-8-7-18(11)10-14-13-5-3-4-6-15(13)20-16(14)9-17/h3-6,11-12H,7-10,17H2,1-2H3. The summed E-state index contributed by atoms with van der Waals surface area (Å²) in [5, 5.41) is 2.12. The van der Waals surface area contributed by atoms with Gasteiger partial charge in [0.05, 0.1) is 0 Å². The summed E-state index contributed by atoms with van der Waals surface area (Å²) in [6.45, 7) is 7.58. The Balaban J connectivity index is 1.93. The summed E-state index contributed by atoms with van der Waals surface area (Å²) in [7, 11) is 0. The van der Waals surface area contributed by atoms with Crippen molar-refractivity contribution >= 4 is 33.2 Å². The van der Waals surface area contributed by atoms with E-state index in [0.717, 1.165) is 11.8 Å². The lowest BCUT2D eigenvalue weighted by Gasteiger charge is -2.37. The Morgan fingerprint density at radius 1 is 1.30 bits per heavy atom. The molecule has 0 spiro atoms. The Morgan fingerprint density at radius 3 is 2.90 bits per heavy atom. The Hall–Kier alpha value is -0.550. The minimum Gasteiger partial charge on any atom is -0.326 e. The summed E-state index contributed by atoms with van der Waals surface area (Å²) in [5.74, 6) is 1.24. The first kappa shape index (κ1) is 14.4. The molecule has 20 heavy (non-hydrogen) atoms. The molecule has 1 aromatic carbocycles. The molecule has 0 amide bonds. The number of hydrogen-bond acceptors (Lipinski definition) is 4. The Morgan fingerprint density at radius 2 is 2.10 bits per heavy atom. The van der Waals surface area contributed by atoms with Gasteiger partial charge in [0.15, 0.2) is 0 Å². The highest BCUT2D eigenvalue weighted by Crippen LogP contribution is 2.34. The van der Waals surface area contributed by atoms with Crippen molar-refractivity contribution in [1.82, 2.24) is 4.90 Å². The maximum absolute atomic E-state index is 5.97. The topological polar surface area (TPSA) is 29.3 Å². The zero-order chi connectivity index (χ0) is 14.1. The van der Waals surface area contributed by atoms with Gasteiger partial charge in [0.25, 0.3) is 0 Å². The van der Waals surface area contributed by atoms with E-state index >= 15 is 0 Å². The largest absolute Gasteiger partial charge is 0.326 e. The second-order valence-corrected chi connectivity index (χ2v) is 8.11. The molecule has 1 fully saturated rings. The maximum Gasteiger partial charge on any atom is 0.0349 e. The van der Waals surface area contributed by atoms with E-state index in [1.54, 1.807) is 0 Å². The highest BCUT2D eigenvalue weighted by Gasteiger charge is 2.26. The number of benzene rings is 1. The molecule has 1 aliphatic heterocycles. The van der Waals surface area contributed by atoms with Gasteiger partial charge in [-0.2, -0.15) is 11.8 Å². The molecular weight excluding hydrogens is 284 g/mol. The van der Waals surface area contributed by atoms with Crippen molar-refractivity contribution in [2.24, 2.45) is 5.73 Å². The van der Waals surface area contributed by atoms with Crippen molar-refractivity contribution in [3.8, 4) is 0 Å². The minimum atomic E-state index is 0.637. The predicted octanol–water partition coefficient (Wildman–Crippen LogP) is 3.69. The molecule has 4 heteroatoms. The van der Waals surface area contributed by atoms with Gasteiger partial charge in [-0.05, 0) is 23.9 Å². The normalized spacial score (nSPS) is 24.4. The van der Waals surface area contributed by atoms with Crippen LogP contribution >= 0.6 is 23.1 Å². The maximum atomic E-state index is 5.97.